The summed E-state index contributed by atoms with van der Waals surface area (Å²) in [6.07, 6.45) is 2.81. The minimum Gasteiger partial charge on any atom is -0.494 e. The van der Waals surface area contributed by atoms with E-state index in [1.807, 2.05) is 20.8 Å². The molecule has 0 spiro atoms. The van der Waals surface area contributed by atoms with Gasteiger partial charge in [-0.05, 0) is 38.5 Å². The second kappa shape index (κ2) is 8.32. The summed E-state index contributed by atoms with van der Waals surface area (Å²) >= 11 is 0. The third kappa shape index (κ3) is 4.59. The van der Waals surface area contributed by atoms with E-state index in [2.05, 4.69) is 15.7 Å². The molecule has 0 aliphatic heterocycles. The van der Waals surface area contributed by atoms with Gasteiger partial charge in [-0.3, -0.25) is 14.3 Å². The summed E-state index contributed by atoms with van der Waals surface area (Å²) in [5, 5.41) is 9.79. The number of nitrogens with zero attached hydrogens (tertiary/aromatic N) is 2. The number of nitrogens with one attached hydrogen (secondary N) is 2. The fourth-order valence-electron chi connectivity index (χ4n) is 2.41. The number of amides is 2. The van der Waals surface area contributed by atoms with Crippen molar-refractivity contribution in [3.63, 3.8) is 0 Å². The molecule has 0 fully saturated rings. The van der Waals surface area contributed by atoms with Gasteiger partial charge in [0.05, 0.1) is 12.8 Å². The monoisotopic (exact) mass is 344 g/mol. The van der Waals surface area contributed by atoms with Crippen LogP contribution in [0.3, 0.4) is 0 Å². The van der Waals surface area contributed by atoms with Crippen LogP contribution in [0.1, 0.15) is 50.1 Å². The average molecular weight is 344 g/mol. The fourth-order valence-corrected chi connectivity index (χ4v) is 2.41. The van der Waals surface area contributed by atoms with E-state index in [1.54, 1.807) is 35.1 Å². The molecule has 2 N–H and O–H groups in total. The molecule has 0 saturated carbocycles. The Hall–Kier alpha value is -2.83. The van der Waals surface area contributed by atoms with Gasteiger partial charge in [-0.15, -0.1) is 0 Å². The number of benzene rings is 1. The molecule has 7 heteroatoms. The van der Waals surface area contributed by atoms with Gasteiger partial charge in [-0.1, -0.05) is 6.92 Å². The summed E-state index contributed by atoms with van der Waals surface area (Å²) in [5.74, 6) is 0.161. The molecule has 134 valence electrons. The van der Waals surface area contributed by atoms with Gasteiger partial charge in [0.25, 0.3) is 5.91 Å². The van der Waals surface area contributed by atoms with Gasteiger partial charge < -0.3 is 15.4 Å². The minimum atomic E-state index is -0.254. The second-order valence-electron chi connectivity index (χ2n) is 5.92. The van der Waals surface area contributed by atoms with E-state index in [0.29, 0.717) is 29.2 Å². The Morgan fingerprint density at radius 1 is 1.24 bits per heavy atom. The van der Waals surface area contributed by atoms with Crippen molar-refractivity contribution < 1.29 is 14.3 Å². The quantitative estimate of drug-likeness (QED) is 0.805. The van der Waals surface area contributed by atoms with Crippen molar-refractivity contribution in [3.05, 3.63) is 36.2 Å². The van der Waals surface area contributed by atoms with Crippen LogP contribution in [-0.4, -0.2) is 28.7 Å². The summed E-state index contributed by atoms with van der Waals surface area (Å²) < 4.78 is 6.97. The maximum Gasteiger partial charge on any atom is 0.273 e. The summed E-state index contributed by atoms with van der Waals surface area (Å²) in [6, 6.07) is 6.86. The highest BCUT2D eigenvalue weighted by Gasteiger charge is 2.15. The molecule has 0 aliphatic rings. The Labute approximate surface area is 147 Å². The Balaban J connectivity index is 2.16. The Kier molecular flexibility index (Phi) is 6.16. The molecule has 0 atom stereocenters. The lowest BCUT2D eigenvalue weighted by molar-refractivity contribution is -0.116. The van der Waals surface area contributed by atoms with Crippen molar-refractivity contribution in [3.8, 4) is 5.75 Å². The van der Waals surface area contributed by atoms with Crippen molar-refractivity contribution >= 4 is 23.2 Å². The van der Waals surface area contributed by atoms with Gasteiger partial charge in [0, 0.05) is 30.4 Å². The zero-order valence-corrected chi connectivity index (χ0v) is 15.0. The maximum absolute atomic E-state index is 12.5. The molecule has 2 rings (SSSR count). The number of methoxy groups -OCH3 is 1. The maximum atomic E-state index is 12.5. The Morgan fingerprint density at radius 3 is 2.64 bits per heavy atom. The molecule has 0 unspecified atom stereocenters. The molecule has 2 aromatic rings. The van der Waals surface area contributed by atoms with E-state index in [4.69, 9.17) is 4.74 Å². The number of carbonyl (C=O) groups excluding carboxylic acids is 2. The van der Waals surface area contributed by atoms with Gasteiger partial charge in [0.2, 0.25) is 5.91 Å². The molecule has 0 bridgehead atoms. The topological polar surface area (TPSA) is 85.3 Å². The van der Waals surface area contributed by atoms with Crippen LogP contribution in [-0.2, 0) is 4.79 Å². The zero-order chi connectivity index (χ0) is 18.4. The number of hydrogen-bond acceptors (Lipinski definition) is 4. The number of carbonyl (C=O) groups is 2. The number of aromatic nitrogens is 2. The highest BCUT2D eigenvalue weighted by molar-refractivity contribution is 6.03. The highest BCUT2D eigenvalue weighted by atomic mass is 16.5. The van der Waals surface area contributed by atoms with E-state index in [-0.39, 0.29) is 17.9 Å². The summed E-state index contributed by atoms with van der Waals surface area (Å²) in [4.78, 5) is 24.2. The van der Waals surface area contributed by atoms with Crippen molar-refractivity contribution in [2.75, 3.05) is 17.7 Å². The van der Waals surface area contributed by atoms with Gasteiger partial charge in [-0.25, -0.2) is 0 Å². The standard InChI is InChI=1S/C18H24N4O3/c1-5-6-17(23)21-14-8-7-13(11-16(14)25-4)20-18(24)15-9-10-19-22(15)12(2)3/h7-12H,5-6H2,1-4H3,(H,20,24)(H,21,23). The number of rotatable bonds is 7. The highest BCUT2D eigenvalue weighted by Crippen LogP contribution is 2.28. The van der Waals surface area contributed by atoms with Crippen molar-refractivity contribution in [1.82, 2.24) is 9.78 Å². The molecule has 0 saturated heterocycles. The predicted molar refractivity (Wildman–Crippen MR) is 97.1 cm³/mol. The van der Waals surface area contributed by atoms with Crippen LogP contribution in [0.15, 0.2) is 30.5 Å². The van der Waals surface area contributed by atoms with Gasteiger partial charge >= 0.3 is 0 Å². The van der Waals surface area contributed by atoms with Gasteiger partial charge in [-0.2, -0.15) is 5.10 Å². The van der Waals surface area contributed by atoms with E-state index >= 15 is 0 Å². The van der Waals surface area contributed by atoms with Crippen LogP contribution >= 0.6 is 0 Å². The summed E-state index contributed by atoms with van der Waals surface area (Å²) in [7, 11) is 1.52. The number of anilines is 2. The van der Waals surface area contributed by atoms with Crippen LogP contribution in [0, 0.1) is 0 Å². The molecule has 2 amide bonds. The molecule has 0 aliphatic carbocycles. The Bertz CT molecular complexity index is 753. The first-order chi connectivity index (χ1) is 12.0. The first-order valence-corrected chi connectivity index (χ1v) is 8.29. The van der Waals surface area contributed by atoms with E-state index in [1.165, 1.54) is 7.11 Å². The van der Waals surface area contributed by atoms with Crippen LogP contribution < -0.4 is 15.4 Å². The van der Waals surface area contributed by atoms with Crippen LogP contribution in [0.4, 0.5) is 11.4 Å². The molecule has 25 heavy (non-hydrogen) atoms. The lowest BCUT2D eigenvalue weighted by atomic mass is 10.2. The average Bonchev–Trinajstić information content (AvgIpc) is 3.06. The predicted octanol–water partition coefficient (Wildman–Crippen LogP) is 3.46. The van der Waals surface area contributed by atoms with E-state index in [9.17, 15) is 9.59 Å². The first kappa shape index (κ1) is 18.5. The van der Waals surface area contributed by atoms with Crippen molar-refractivity contribution in [2.45, 2.75) is 39.7 Å². The van der Waals surface area contributed by atoms with E-state index < -0.39 is 0 Å². The summed E-state index contributed by atoms with van der Waals surface area (Å²) in [6.45, 7) is 5.86. The fraction of sp³-hybridized carbons (Fsp3) is 0.389. The van der Waals surface area contributed by atoms with Gasteiger partial charge in [0.1, 0.15) is 11.4 Å². The SMILES string of the molecule is CCCC(=O)Nc1ccc(NC(=O)c2ccnn2C(C)C)cc1OC. The third-order valence-corrected chi connectivity index (χ3v) is 3.60. The lowest BCUT2D eigenvalue weighted by Crippen LogP contribution is -2.19. The lowest BCUT2D eigenvalue weighted by Gasteiger charge is -2.14. The summed E-state index contributed by atoms with van der Waals surface area (Å²) in [5.41, 5.74) is 1.63. The number of ether oxygens (including phenoxy) is 1. The van der Waals surface area contributed by atoms with E-state index in [0.717, 1.165) is 6.42 Å². The molecule has 1 aromatic heterocycles. The zero-order valence-electron chi connectivity index (χ0n) is 15.0. The molecule has 7 nitrogen and oxygen atoms in total. The largest absolute Gasteiger partial charge is 0.494 e. The second-order valence-corrected chi connectivity index (χ2v) is 5.92. The number of hydrogen-bond donors (Lipinski definition) is 2. The van der Waals surface area contributed by atoms with Crippen LogP contribution in [0.25, 0.3) is 0 Å². The molecule has 1 aromatic carbocycles. The van der Waals surface area contributed by atoms with Crippen molar-refractivity contribution in [2.24, 2.45) is 0 Å². The molecular formula is C18H24N4O3. The minimum absolute atomic E-state index is 0.0709. The van der Waals surface area contributed by atoms with Gasteiger partial charge in [0.15, 0.2) is 0 Å². The third-order valence-electron chi connectivity index (χ3n) is 3.60. The molecular weight excluding hydrogens is 320 g/mol. The van der Waals surface area contributed by atoms with Crippen LogP contribution in [0.2, 0.25) is 0 Å². The van der Waals surface area contributed by atoms with Crippen molar-refractivity contribution in [1.29, 1.82) is 0 Å². The Morgan fingerprint density at radius 2 is 2.00 bits per heavy atom. The molecule has 0 radical (unpaired) electrons. The molecule has 1 heterocycles. The van der Waals surface area contributed by atoms with Crippen LogP contribution in [0.5, 0.6) is 5.75 Å². The smallest absolute Gasteiger partial charge is 0.273 e. The normalized spacial score (nSPS) is 10.6. The first-order valence-electron chi connectivity index (χ1n) is 8.29.